The first-order chi connectivity index (χ1) is 7.08. The summed E-state index contributed by atoms with van der Waals surface area (Å²) in [6.45, 7) is 2.05. The molecule has 0 heterocycles. The van der Waals surface area contributed by atoms with Crippen LogP contribution in [0.4, 0.5) is 0 Å². The number of halogens is 1. The van der Waals surface area contributed by atoms with Gasteiger partial charge in [0.05, 0.1) is 12.1 Å². The number of ether oxygens (including phenoxy) is 1. The van der Waals surface area contributed by atoms with Gasteiger partial charge in [-0.3, -0.25) is 0 Å². The Bertz CT molecular complexity index is 385. The van der Waals surface area contributed by atoms with Crippen LogP contribution in [-0.2, 0) is 5.54 Å². The molecule has 1 fully saturated rings. The first kappa shape index (κ1) is 10.8. The Morgan fingerprint density at radius 1 is 1.40 bits per heavy atom. The number of hydrogen-bond donors (Lipinski definition) is 1. The summed E-state index contributed by atoms with van der Waals surface area (Å²) < 4.78 is 5.22. The second-order valence-corrected chi connectivity index (χ2v) is 4.66. The summed E-state index contributed by atoms with van der Waals surface area (Å²) in [4.78, 5) is 0. The molecule has 0 spiro atoms. The fraction of sp³-hybridized carbons (Fsp3) is 0.500. The Labute approximate surface area is 95.4 Å². The number of hydrogen-bond acceptors (Lipinski definition) is 2. The van der Waals surface area contributed by atoms with Crippen LogP contribution >= 0.6 is 11.6 Å². The summed E-state index contributed by atoms with van der Waals surface area (Å²) >= 11 is 6.31. The SMILES string of the molecule is COc1ccc(C)c(C2(N)CCC2)c1Cl. The van der Waals surface area contributed by atoms with Crippen LogP contribution in [0, 0.1) is 6.92 Å². The summed E-state index contributed by atoms with van der Waals surface area (Å²) in [5.74, 6) is 0.717. The average Bonchev–Trinajstić information content (AvgIpc) is 2.15. The van der Waals surface area contributed by atoms with Crippen LogP contribution in [-0.4, -0.2) is 7.11 Å². The highest BCUT2D eigenvalue weighted by Crippen LogP contribution is 2.45. The zero-order valence-electron chi connectivity index (χ0n) is 9.14. The molecule has 2 nitrogen and oxygen atoms in total. The first-order valence-corrected chi connectivity index (χ1v) is 5.59. The van der Waals surface area contributed by atoms with E-state index in [0.29, 0.717) is 10.8 Å². The fourth-order valence-corrected chi connectivity index (χ4v) is 2.71. The van der Waals surface area contributed by atoms with Crippen LogP contribution in [0.5, 0.6) is 5.75 Å². The topological polar surface area (TPSA) is 35.2 Å². The van der Waals surface area contributed by atoms with Crippen molar-refractivity contribution in [3.8, 4) is 5.75 Å². The van der Waals surface area contributed by atoms with Crippen LogP contribution in [0.25, 0.3) is 0 Å². The van der Waals surface area contributed by atoms with Gasteiger partial charge < -0.3 is 10.5 Å². The van der Waals surface area contributed by atoms with Crippen LogP contribution < -0.4 is 10.5 Å². The maximum atomic E-state index is 6.31. The molecule has 0 atom stereocenters. The van der Waals surface area contributed by atoms with Crippen molar-refractivity contribution < 1.29 is 4.74 Å². The van der Waals surface area contributed by atoms with Gasteiger partial charge >= 0.3 is 0 Å². The van der Waals surface area contributed by atoms with Crippen molar-refractivity contribution in [1.82, 2.24) is 0 Å². The molecule has 82 valence electrons. The Hall–Kier alpha value is -0.730. The molecule has 1 aromatic carbocycles. The van der Waals surface area contributed by atoms with Crippen molar-refractivity contribution in [2.75, 3.05) is 7.11 Å². The highest BCUT2D eigenvalue weighted by atomic mass is 35.5. The number of benzene rings is 1. The van der Waals surface area contributed by atoms with Gasteiger partial charge in [-0.2, -0.15) is 0 Å². The van der Waals surface area contributed by atoms with Crippen molar-refractivity contribution in [3.05, 3.63) is 28.3 Å². The van der Waals surface area contributed by atoms with E-state index in [-0.39, 0.29) is 5.54 Å². The van der Waals surface area contributed by atoms with Crippen molar-refractivity contribution in [2.24, 2.45) is 5.73 Å². The predicted molar refractivity (Wildman–Crippen MR) is 62.5 cm³/mol. The molecule has 3 heteroatoms. The van der Waals surface area contributed by atoms with Gasteiger partial charge in [0.15, 0.2) is 0 Å². The third-order valence-corrected chi connectivity index (χ3v) is 3.65. The van der Waals surface area contributed by atoms with Crippen molar-refractivity contribution in [1.29, 1.82) is 0 Å². The largest absolute Gasteiger partial charge is 0.495 e. The molecule has 2 N–H and O–H groups in total. The maximum Gasteiger partial charge on any atom is 0.137 e. The molecule has 1 aliphatic carbocycles. The second-order valence-electron chi connectivity index (χ2n) is 4.28. The van der Waals surface area contributed by atoms with E-state index in [2.05, 4.69) is 0 Å². The standard InChI is InChI=1S/C12H16ClNO/c1-8-4-5-9(15-2)11(13)10(8)12(14)6-3-7-12/h4-5H,3,6-7,14H2,1-2H3. The van der Waals surface area contributed by atoms with E-state index in [0.717, 1.165) is 24.0 Å². The molecule has 0 amide bonds. The van der Waals surface area contributed by atoms with Gasteiger partial charge in [-0.1, -0.05) is 17.7 Å². The van der Waals surface area contributed by atoms with Crippen LogP contribution in [0.1, 0.15) is 30.4 Å². The average molecular weight is 226 g/mol. The maximum absolute atomic E-state index is 6.31. The van der Waals surface area contributed by atoms with Crippen molar-refractivity contribution >= 4 is 11.6 Å². The molecule has 0 saturated heterocycles. The van der Waals surface area contributed by atoms with Crippen LogP contribution in [0.15, 0.2) is 12.1 Å². The third kappa shape index (κ3) is 1.62. The zero-order chi connectivity index (χ0) is 11.1. The summed E-state index contributed by atoms with van der Waals surface area (Å²) in [5.41, 5.74) is 8.30. The summed E-state index contributed by atoms with van der Waals surface area (Å²) in [7, 11) is 1.63. The molecule has 1 aliphatic rings. The molecule has 0 radical (unpaired) electrons. The van der Waals surface area contributed by atoms with Gasteiger partial charge in [-0.05, 0) is 43.4 Å². The van der Waals surface area contributed by atoms with E-state index in [1.165, 1.54) is 6.42 Å². The number of aryl methyl sites for hydroxylation is 1. The van der Waals surface area contributed by atoms with Gasteiger partial charge in [-0.15, -0.1) is 0 Å². The molecule has 0 aliphatic heterocycles. The zero-order valence-corrected chi connectivity index (χ0v) is 9.90. The molecular formula is C12H16ClNO. The van der Waals surface area contributed by atoms with E-state index in [4.69, 9.17) is 22.1 Å². The Kier molecular flexibility index (Phi) is 2.65. The lowest BCUT2D eigenvalue weighted by Gasteiger charge is -2.40. The lowest BCUT2D eigenvalue weighted by Crippen LogP contribution is -2.44. The number of nitrogens with two attached hydrogens (primary N) is 1. The Balaban J connectivity index is 2.53. The van der Waals surface area contributed by atoms with Crippen molar-refractivity contribution in [2.45, 2.75) is 31.7 Å². The van der Waals surface area contributed by atoms with E-state index < -0.39 is 0 Å². The molecule has 15 heavy (non-hydrogen) atoms. The Morgan fingerprint density at radius 2 is 2.07 bits per heavy atom. The van der Waals surface area contributed by atoms with Gasteiger partial charge in [0.1, 0.15) is 5.75 Å². The second kappa shape index (κ2) is 3.69. The lowest BCUT2D eigenvalue weighted by molar-refractivity contribution is 0.251. The molecule has 0 unspecified atom stereocenters. The molecule has 0 aromatic heterocycles. The van der Waals surface area contributed by atoms with E-state index in [1.54, 1.807) is 7.11 Å². The molecule has 2 rings (SSSR count). The third-order valence-electron chi connectivity index (χ3n) is 3.28. The Morgan fingerprint density at radius 3 is 2.53 bits per heavy atom. The predicted octanol–water partition coefficient (Wildman–Crippen LogP) is 2.99. The van der Waals surface area contributed by atoms with E-state index in [9.17, 15) is 0 Å². The molecule has 0 bridgehead atoms. The summed E-state index contributed by atoms with van der Waals surface area (Å²) in [6.07, 6.45) is 3.21. The molecule has 1 aromatic rings. The van der Waals surface area contributed by atoms with Gasteiger partial charge in [0, 0.05) is 5.54 Å². The highest BCUT2D eigenvalue weighted by Gasteiger charge is 2.37. The number of rotatable bonds is 2. The van der Waals surface area contributed by atoms with Crippen molar-refractivity contribution in [3.63, 3.8) is 0 Å². The van der Waals surface area contributed by atoms with Gasteiger partial charge in [-0.25, -0.2) is 0 Å². The first-order valence-electron chi connectivity index (χ1n) is 5.21. The lowest BCUT2D eigenvalue weighted by atomic mass is 9.71. The smallest absolute Gasteiger partial charge is 0.137 e. The highest BCUT2D eigenvalue weighted by molar-refractivity contribution is 6.33. The quantitative estimate of drug-likeness (QED) is 0.840. The number of methoxy groups -OCH3 is 1. The fourth-order valence-electron chi connectivity index (χ4n) is 2.23. The van der Waals surface area contributed by atoms with Crippen LogP contribution in [0.3, 0.4) is 0 Å². The normalized spacial score (nSPS) is 18.4. The minimum absolute atomic E-state index is 0.226. The van der Waals surface area contributed by atoms with E-state index >= 15 is 0 Å². The van der Waals surface area contributed by atoms with Gasteiger partial charge in [0.2, 0.25) is 0 Å². The summed E-state index contributed by atoms with van der Waals surface area (Å²) in [6, 6.07) is 3.91. The molecular weight excluding hydrogens is 210 g/mol. The van der Waals surface area contributed by atoms with Crippen LogP contribution in [0.2, 0.25) is 5.02 Å². The van der Waals surface area contributed by atoms with E-state index in [1.807, 2.05) is 19.1 Å². The minimum atomic E-state index is -0.226. The van der Waals surface area contributed by atoms with Gasteiger partial charge in [0.25, 0.3) is 0 Å². The summed E-state index contributed by atoms with van der Waals surface area (Å²) in [5, 5.41) is 0.680. The molecule has 1 saturated carbocycles. The minimum Gasteiger partial charge on any atom is -0.495 e. The monoisotopic (exact) mass is 225 g/mol.